The van der Waals surface area contributed by atoms with E-state index >= 15 is 0 Å². The van der Waals surface area contributed by atoms with Crippen LogP contribution in [0.3, 0.4) is 0 Å². The highest BCUT2D eigenvalue weighted by Gasteiger charge is 2.26. The number of carbonyl (C=O) groups excluding carboxylic acids is 1. The third-order valence-corrected chi connectivity index (χ3v) is 3.35. The fourth-order valence-electron chi connectivity index (χ4n) is 2.16. The number of ether oxygens (including phenoxy) is 1. The molecule has 0 aliphatic carbocycles. The van der Waals surface area contributed by atoms with Crippen molar-refractivity contribution in [1.82, 2.24) is 0 Å². The second-order valence-electron chi connectivity index (χ2n) is 6.17. The fraction of sp³-hybridized carbons (Fsp3) is 0.222. The van der Waals surface area contributed by atoms with Crippen molar-refractivity contribution in [2.75, 3.05) is 0 Å². The van der Waals surface area contributed by atoms with E-state index in [0.29, 0.717) is 5.56 Å². The molecule has 0 heterocycles. The molecule has 0 saturated carbocycles. The van der Waals surface area contributed by atoms with Crippen LogP contribution in [0.15, 0.2) is 42.5 Å². The number of hydrogen-bond acceptors (Lipinski definition) is 4. The summed E-state index contributed by atoms with van der Waals surface area (Å²) < 4.78 is 5.39. The minimum absolute atomic E-state index is 0.0304. The van der Waals surface area contributed by atoms with Gasteiger partial charge >= 0.3 is 11.9 Å². The van der Waals surface area contributed by atoms with Crippen molar-refractivity contribution in [3.05, 3.63) is 59.2 Å². The first-order chi connectivity index (χ1) is 10.7. The third-order valence-electron chi connectivity index (χ3n) is 3.35. The summed E-state index contributed by atoms with van der Waals surface area (Å²) in [5, 5.41) is 18.6. The normalized spacial score (nSPS) is 11.1. The highest BCUT2D eigenvalue weighted by Crippen LogP contribution is 2.34. The number of aromatic carboxylic acids is 1. The lowest BCUT2D eigenvalue weighted by Gasteiger charge is -2.23. The zero-order chi connectivity index (χ0) is 17.2. The Labute approximate surface area is 134 Å². The standard InChI is InChI=1S/C18H18O5/c1-18(2,3)14-6-4-5-13(16(20)21)15(14)23-17(22)11-7-9-12(19)10-8-11/h4-10,19H,1-3H3,(H,20,21). The number of esters is 1. The van der Waals surface area contributed by atoms with Crippen LogP contribution in [0.2, 0.25) is 0 Å². The van der Waals surface area contributed by atoms with Crippen molar-refractivity contribution in [2.45, 2.75) is 26.2 Å². The Morgan fingerprint density at radius 2 is 1.61 bits per heavy atom. The fourth-order valence-corrected chi connectivity index (χ4v) is 2.16. The smallest absolute Gasteiger partial charge is 0.343 e. The van der Waals surface area contributed by atoms with Gasteiger partial charge in [-0.2, -0.15) is 0 Å². The first kappa shape index (κ1) is 16.5. The second-order valence-corrected chi connectivity index (χ2v) is 6.17. The van der Waals surface area contributed by atoms with E-state index in [-0.39, 0.29) is 22.6 Å². The summed E-state index contributed by atoms with van der Waals surface area (Å²) in [5.74, 6) is -1.76. The summed E-state index contributed by atoms with van der Waals surface area (Å²) in [5.41, 5.74) is 0.396. The second kappa shape index (κ2) is 6.12. The molecule has 2 aromatic rings. The molecule has 0 aromatic heterocycles. The van der Waals surface area contributed by atoms with Gasteiger partial charge in [0.2, 0.25) is 0 Å². The molecule has 2 aromatic carbocycles. The van der Waals surface area contributed by atoms with Gasteiger partial charge in [0.25, 0.3) is 0 Å². The molecule has 0 spiro atoms. The number of benzene rings is 2. The third kappa shape index (κ3) is 3.69. The average molecular weight is 314 g/mol. The molecule has 5 nitrogen and oxygen atoms in total. The summed E-state index contributed by atoms with van der Waals surface area (Å²) in [6.07, 6.45) is 0. The first-order valence-electron chi connectivity index (χ1n) is 7.08. The van der Waals surface area contributed by atoms with Gasteiger partial charge < -0.3 is 14.9 Å². The molecule has 2 rings (SSSR count). The van der Waals surface area contributed by atoms with E-state index in [0.717, 1.165) is 0 Å². The van der Waals surface area contributed by atoms with Crippen LogP contribution in [0.1, 0.15) is 47.1 Å². The summed E-state index contributed by atoms with van der Waals surface area (Å²) in [7, 11) is 0. The SMILES string of the molecule is CC(C)(C)c1cccc(C(=O)O)c1OC(=O)c1ccc(O)cc1. The maximum atomic E-state index is 12.3. The van der Waals surface area contributed by atoms with Crippen LogP contribution >= 0.6 is 0 Å². The number of aromatic hydroxyl groups is 1. The van der Waals surface area contributed by atoms with Crippen LogP contribution in [0, 0.1) is 0 Å². The summed E-state index contributed by atoms with van der Waals surface area (Å²) in [6.45, 7) is 5.73. The van der Waals surface area contributed by atoms with Crippen molar-refractivity contribution in [3.8, 4) is 11.5 Å². The van der Waals surface area contributed by atoms with E-state index in [1.807, 2.05) is 20.8 Å². The molecule has 23 heavy (non-hydrogen) atoms. The Balaban J connectivity index is 2.47. The quantitative estimate of drug-likeness (QED) is 0.668. The molecule has 0 radical (unpaired) electrons. The summed E-state index contributed by atoms with van der Waals surface area (Å²) >= 11 is 0. The number of carboxylic acids is 1. The highest BCUT2D eigenvalue weighted by molar-refractivity contribution is 5.96. The van der Waals surface area contributed by atoms with Crippen LogP contribution in [-0.2, 0) is 5.41 Å². The van der Waals surface area contributed by atoms with Crippen LogP contribution in [0.5, 0.6) is 11.5 Å². The van der Waals surface area contributed by atoms with E-state index in [4.69, 9.17) is 4.74 Å². The van der Waals surface area contributed by atoms with Gasteiger partial charge in [-0.1, -0.05) is 32.9 Å². The molecule has 0 saturated heterocycles. The topological polar surface area (TPSA) is 83.8 Å². The van der Waals surface area contributed by atoms with Crippen LogP contribution < -0.4 is 4.74 Å². The van der Waals surface area contributed by atoms with Gasteiger partial charge in [-0.15, -0.1) is 0 Å². The lowest BCUT2D eigenvalue weighted by atomic mass is 9.85. The minimum Gasteiger partial charge on any atom is -0.508 e. The maximum absolute atomic E-state index is 12.3. The van der Waals surface area contributed by atoms with Crippen molar-refractivity contribution < 1.29 is 24.5 Å². The molecule has 0 unspecified atom stereocenters. The Kier molecular flexibility index (Phi) is 4.40. The molecule has 0 bridgehead atoms. The molecule has 0 aliphatic heterocycles. The van der Waals surface area contributed by atoms with Gasteiger partial charge in [0, 0.05) is 5.56 Å². The molecule has 120 valence electrons. The number of rotatable bonds is 3. The maximum Gasteiger partial charge on any atom is 0.343 e. The van der Waals surface area contributed by atoms with E-state index in [2.05, 4.69) is 0 Å². The highest BCUT2D eigenvalue weighted by atomic mass is 16.5. The molecular weight excluding hydrogens is 296 g/mol. The number of para-hydroxylation sites is 1. The lowest BCUT2D eigenvalue weighted by molar-refractivity contribution is 0.0680. The molecule has 0 atom stereocenters. The van der Waals surface area contributed by atoms with Gasteiger partial charge in [0.05, 0.1) is 5.56 Å². The molecular formula is C18H18O5. The zero-order valence-electron chi connectivity index (χ0n) is 13.2. The Morgan fingerprint density at radius 1 is 1.00 bits per heavy atom. The predicted molar refractivity (Wildman–Crippen MR) is 85.2 cm³/mol. The van der Waals surface area contributed by atoms with Gasteiger partial charge in [0.15, 0.2) is 0 Å². The zero-order valence-corrected chi connectivity index (χ0v) is 13.2. The number of hydrogen-bond donors (Lipinski definition) is 2. The minimum atomic E-state index is -1.16. The van der Waals surface area contributed by atoms with E-state index < -0.39 is 17.4 Å². The largest absolute Gasteiger partial charge is 0.508 e. The summed E-state index contributed by atoms with van der Waals surface area (Å²) in [6, 6.07) is 10.3. The monoisotopic (exact) mass is 314 g/mol. The average Bonchev–Trinajstić information content (AvgIpc) is 2.46. The van der Waals surface area contributed by atoms with Gasteiger partial charge in [-0.3, -0.25) is 0 Å². The van der Waals surface area contributed by atoms with Gasteiger partial charge in [-0.05, 0) is 35.7 Å². The molecule has 2 N–H and O–H groups in total. The Bertz CT molecular complexity index is 739. The molecule has 0 aliphatic rings. The van der Waals surface area contributed by atoms with Crippen LogP contribution in [0.25, 0.3) is 0 Å². The van der Waals surface area contributed by atoms with Gasteiger partial charge in [-0.25, -0.2) is 9.59 Å². The van der Waals surface area contributed by atoms with Gasteiger partial charge in [0.1, 0.15) is 17.1 Å². The number of carbonyl (C=O) groups is 2. The number of phenols is 1. The molecule has 0 fully saturated rings. The predicted octanol–water partition coefficient (Wildman–Crippen LogP) is 3.61. The van der Waals surface area contributed by atoms with E-state index in [9.17, 15) is 19.8 Å². The van der Waals surface area contributed by atoms with Crippen LogP contribution in [-0.4, -0.2) is 22.2 Å². The van der Waals surface area contributed by atoms with Crippen molar-refractivity contribution in [1.29, 1.82) is 0 Å². The number of phenolic OH excluding ortho intramolecular Hbond substituents is 1. The first-order valence-corrected chi connectivity index (χ1v) is 7.08. The van der Waals surface area contributed by atoms with Crippen molar-refractivity contribution in [2.24, 2.45) is 0 Å². The molecule has 0 amide bonds. The molecule has 5 heteroatoms. The van der Waals surface area contributed by atoms with Crippen molar-refractivity contribution in [3.63, 3.8) is 0 Å². The van der Waals surface area contributed by atoms with Crippen LogP contribution in [0.4, 0.5) is 0 Å². The van der Waals surface area contributed by atoms with E-state index in [1.165, 1.54) is 30.3 Å². The Hall–Kier alpha value is -2.82. The van der Waals surface area contributed by atoms with Crippen molar-refractivity contribution >= 4 is 11.9 Å². The summed E-state index contributed by atoms with van der Waals surface area (Å²) in [4.78, 5) is 23.7. The number of carboxylic acid groups (broad SMARTS) is 1. The Morgan fingerprint density at radius 3 is 2.13 bits per heavy atom. The lowest BCUT2D eigenvalue weighted by Crippen LogP contribution is -2.19. The van der Waals surface area contributed by atoms with E-state index in [1.54, 1.807) is 12.1 Å².